The summed E-state index contributed by atoms with van der Waals surface area (Å²) in [4.78, 5) is 0. The molecule has 0 amide bonds. The van der Waals surface area contributed by atoms with E-state index in [1.165, 1.54) is 25.7 Å². The van der Waals surface area contributed by atoms with Crippen molar-refractivity contribution >= 4 is 25.7 Å². The van der Waals surface area contributed by atoms with E-state index in [0.717, 1.165) is 12.1 Å². The zero-order chi connectivity index (χ0) is 10.6. The van der Waals surface area contributed by atoms with E-state index in [1.807, 2.05) is 0 Å². The molecule has 0 spiro atoms. The van der Waals surface area contributed by atoms with E-state index in [-0.39, 0.29) is 0 Å². The van der Waals surface area contributed by atoms with Gasteiger partial charge in [0.2, 0.25) is 0 Å². The van der Waals surface area contributed by atoms with Gasteiger partial charge in [-0.3, -0.25) is 0 Å². The van der Waals surface area contributed by atoms with Gasteiger partial charge in [-0.25, -0.2) is 0 Å². The van der Waals surface area contributed by atoms with Crippen molar-refractivity contribution in [3.63, 3.8) is 0 Å². The summed E-state index contributed by atoms with van der Waals surface area (Å²) in [5, 5.41) is 0. The number of halogens is 1. The Morgan fingerprint density at radius 2 is 1.29 bits per heavy atom. The van der Waals surface area contributed by atoms with Crippen molar-refractivity contribution in [1.82, 2.24) is 4.57 Å². The fourth-order valence-corrected chi connectivity index (χ4v) is 9.00. The third-order valence-electron chi connectivity index (χ3n) is 3.98. The summed E-state index contributed by atoms with van der Waals surface area (Å²) >= 11 is 6.72. The summed E-state index contributed by atoms with van der Waals surface area (Å²) in [6.45, 7) is 8.24. The lowest BCUT2D eigenvalue weighted by Gasteiger charge is -2.43. The fourth-order valence-electron chi connectivity index (χ4n) is 2.22. The predicted molar refractivity (Wildman–Crippen MR) is 68.7 cm³/mol. The first kappa shape index (κ1) is 11.2. The van der Waals surface area contributed by atoms with Gasteiger partial charge in [0, 0.05) is 12.1 Å². The van der Waals surface area contributed by atoms with Gasteiger partial charge in [0.25, 0.3) is 0 Å². The Balaban J connectivity index is 2.15. The predicted octanol–water partition coefficient (Wildman–Crippen LogP) is 3.34. The SMILES string of the molecule is C[Si](C)(Cl)[Si](C)(C)N(C1CC1)C1CC1. The minimum atomic E-state index is -1.46. The van der Waals surface area contributed by atoms with Gasteiger partial charge in [-0.1, -0.05) is 26.2 Å². The van der Waals surface area contributed by atoms with Gasteiger partial charge < -0.3 is 4.57 Å². The van der Waals surface area contributed by atoms with Crippen molar-refractivity contribution in [3.05, 3.63) is 0 Å². The van der Waals surface area contributed by atoms with Gasteiger partial charge in [-0.2, -0.15) is 11.1 Å². The molecule has 0 N–H and O–H groups in total. The summed E-state index contributed by atoms with van der Waals surface area (Å²) < 4.78 is 2.90. The summed E-state index contributed by atoms with van der Waals surface area (Å²) in [7, 11) is -1.30. The van der Waals surface area contributed by atoms with Gasteiger partial charge in [0.15, 0.2) is 6.90 Å². The molecule has 1 nitrogen and oxygen atoms in total. The van der Waals surface area contributed by atoms with Gasteiger partial charge in [-0.15, -0.1) is 0 Å². The Morgan fingerprint density at radius 1 is 0.929 bits per heavy atom. The Kier molecular flexibility index (Phi) is 2.66. The molecule has 2 rings (SSSR count). The number of rotatable bonds is 4. The van der Waals surface area contributed by atoms with Gasteiger partial charge in [-0.05, 0) is 25.7 Å². The molecule has 82 valence electrons. The van der Waals surface area contributed by atoms with E-state index >= 15 is 0 Å². The molecular weight excluding hydrogens is 226 g/mol. The Hall–Kier alpha value is 0.684. The first-order valence-electron chi connectivity index (χ1n) is 5.81. The second-order valence-corrected chi connectivity index (χ2v) is 23.7. The van der Waals surface area contributed by atoms with Gasteiger partial charge >= 0.3 is 0 Å². The molecule has 14 heavy (non-hydrogen) atoms. The third-order valence-corrected chi connectivity index (χ3v) is 22.6. The van der Waals surface area contributed by atoms with Crippen LogP contribution in [0.25, 0.3) is 0 Å². The molecule has 0 bridgehead atoms. The summed E-state index contributed by atoms with van der Waals surface area (Å²) in [5.41, 5.74) is 0. The molecule has 4 heteroatoms. The average molecular weight is 248 g/mol. The minimum absolute atomic E-state index is 0.926. The zero-order valence-electron chi connectivity index (χ0n) is 9.81. The van der Waals surface area contributed by atoms with Gasteiger partial charge in [0.1, 0.15) is 7.75 Å². The number of hydrogen-bond acceptors (Lipinski definition) is 1. The van der Waals surface area contributed by atoms with Crippen LogP contribution < -0.4 is 0 Å². The maximum absolute atomic E-state index is 6.72. The molecule has 0 aromatic rings. The zero-order valence-corrected chi connectivity index (χ0v) is 12.6. The first-order valence-corrected chi connectivity index (χ1v) is 13.8. The second-order valence-electron chi connectivity index (χ2n) is 5.90. The highest BCUT2D eigenvalue weighted by Crippen LogP contribution is 2.43. The van der Waals surface area contributed by atoms with Crippen LogP contribution in [0.2, 0.25) is 26.2 Å². The molecule has 0 atom stereocenters. The highest BCUT2D eigenvalue weighted by molar-refractivity contribution is 7.57. The normalized spacial score (nSPS) is 24.4. The summed E-state index contributed by atoms with van der Waals surface area (Å²) in [6.07, 6.45) is 5.76. The first-order chi connectivity index (χ1) is 6.34. The second kappa shape index (κ2) is 3.34. The van der Waals surface area contributed by atoms with Crippen LogP contribution in [-0.4, -0.2) is 31.3 Å². The third kappa shape index (κ3) is 1.97. The van der Waals surface area contributed by atoms with E-state index in [1.54, 1.807) is 0 Å². The number of hydrogen-bond donors (Lipinski definition) is 0. The van der Waals surface area contributed by atoms with Crippen molar-refractivity contribution in [3.8, 4) is 0 Å². The van der Waals surface area contributed by atoms with Crippen LogP contribution >= 0.6 is 11.1 Å². The van der Waals surface area contributed by atoms with Crippen molar-refractivity contribution in [2.45, 2.75) is 64.0 Å². The Labute approximate surface area is 94.4 Å². The maximum Gasteiger partial charge on any atom is 0.158 e. The van der Waals surface area contributed by atoms with Gasteiger partial charge in [0.05, 0.1) is 0 Å². The molecule has 2 aliphatic carbocycles. The van der Waals surface area contributed by atoms with E-state index in [0.29, 0.717) is 0 Å². The monoisotopic (exact) mass is 247 g/mol. The van der Waals surface area contributed by atoms with E-state index in [4.69, 9.17) is 11.1 Å². The molecule has 0 aliphatic heterocycles. The molecular formula is C10H22ClNSi2. The maximum atomic E-state index is 6.72. The van der Waals surface area contributed by atoms with Crippen LogP contribution in [0.5, 0.6) is 0 Å². The van der Waals surface area contributed by atoms with Crippen LogP contribution in [0.1, 0.15) is 25.7 Å². The standard InChI is InChI=1S/C10H22ClNSi2/c1-13(2,11)14(3,4)12(9-5-6-9)10-7-8-10/h9-10H,5-8H2,1-4H3. The number of nitrogens with zero attached hydrogens (tertiary/aromatic N) is 1. The van der Waals surface area contributed by atoms with Crippen molar-refractivity contribution in [1.29, 1.82) is 0 Å². The van der Waals surface area contributed by atoms with Crippen LogP contribution in [0, 0.1) is 0 Å². The molecule has 2 saturated carbocycles. The Bertz CT molecular complexity index is 217. The molecule has 0 unspecified atom stereocenters. The summed E-state index contributed by atoms with van der Waals surface area (Å²) in [5.74, 6) is 0. The lowest BCUT2D eigenvalue weighted by Crippen LogP contribution is -2.65. The Morgan fingerprint density at radius 3 is 1.50 bits per heavy atom. The average Bonchev–Trinajstić information content (AvgIpc) is 2.72. The molecule has 2 aliphatic rings. The van der Waals surface area contributed by atoms with E-state index in [9.17, 15) is 0 Å². The summed E-state index contributed by atoms with van der Waals surface area (Å²) in [6, 6.07) is 1.85. The van der Waals surface area contributed by atoms with Crippen molar-refractivity contribution in [2.24, 2.45) is 0 Å². The highest BCUT2D eigenvalue weighted by Gasteiger charge is 2.54. The fraction of sp³-hybridized carbons (Fsp3) is 1.00. The van der Waals surface area contributed by atoms with E-state index < -0.39 is 14.7 Å². The minimum Gasteiger partial charge on any atom is -0.319 e. The molecule has 0 aromatic carbocycles. The van der Waals surface area contributed by atoms with Crippen LogP contribution in [0.4, 0.5) is 0 Å². The lowest BCUT2D eigenvalue weighted by atomic mass is 10.6. The largest absolute Gasteiger partial charge is 0.319 e. The molecule has 2 fully saturated rings. The molecule has 0 aromatic heterocycles. The van der Waals surface area contributed by atoms with E-state index in [2.05, 4.69) is 30.8 Å². The molecule has 0 heterocycles. The van der Waals surface area contributed by atoms with Crippen LogP contribution in [-0.2, 0) is 0 Å². The van der Waals surface area contributed by atoms with Crippen LogP contribution in [0.15, 0.2) is 0 Å². The quantitative estimate of drug-likeness (QED) is 0.544. The molecule has 0 radical (unpaired) electrons. The topological polar surface area (TPSA) is 3.24 Å². The molecule has 0 saturated heterocycles. The van der Waals surface area contributed by atoms with Crippen molar-refractivity contribution < 1.29 is 0 Å². The van der Waals surface area contributed by atoms with Crippen molar-refractivity contribution in [2.75, 3.05) is 0 Å². The smallest absolute Gasteiger partial charge is 0.158 e. The highest BCUT2D eigenvalue weighted by atomic mass is 35.6. The lowest BCUT2D eigenvalue weighted by molar-refractivity contribution is 0.410. The van der Waals surface area contributed by atoms with Crippen LogP contribution in [0.3, 0.4) is 0 Å².